The van der Waals surface area contributed by atoms with Crippen molar-refractivity contribution in [2.45, 2.75) is 46.6 Å². The summed E-state index contributed by atoms with van der Waals surface area (Å²) in [5.41, 5.74) is 0.194. The first-order valence-electron chi connectivity index (χ1n) is 5.58. The summed E-state index contributed by atoms with van der Waals surface area (Å²) in [6.45, 7) is 10.9. The predicted octanol–water partition coefficient (Wildman–Crippen LogP) is 3.85. The van der Waals surface area contributed by atoms with Crippen LogP contribution in [0.15, 0.2) is 18.3 Å². The van der Waals surface area contributed by atoms with Gasteiger partial charge in [-0.15, -0.1) is 0 Å². The predicted molar refractivity (Wildman–Crippen MR) is 66.0 cm³/mol. The molecule has 1 rings (SSSR count). The molecule has 1 N–H and O–H groups in total. The van der Waals surface area contributed by atoms with Crippen molar-refractivity contribution in [2.24, 2.45) is 5.41 Å². The Kier molecular flexibility index (Phi) is 3.56. The number of nitrogens with zero attached hydrogens (tertiary/aromatic N) is 1. The third kappa shape index (κ3) is 4.60. The molecule has 1 aromatic heterocycles. The molecule has 0 saturated heterocycles. The summed E-state index contributed by atoms with van der Waals surface area (Å²) in [5.74, 6) is 0.412. The maximum Gasteiger partial charge on any atom is 0.141 e. The van der Waals surface area contributed by atoms with Crippen molar-refractivity contribution in [3.8, 4) is 0 Å². The van der Waals surface area contributed by atoms with Gasteiger partial charge >= 0.3 is 0 Å². The van der Waals surface area contributed by atoms with E-state index in [1.165, 1.54) is 12.3 Å². The van der Waals surface area contributed by atoms with E-state index >= 15 is 0 Å². The summed E-state index contributed by atoms with van der Waals surface area (Å²) in [4.78, 5) is 4.01. The van der Waals surface area contributed by atoms with Crippen molar-refractivity contribution in [3.63, 3.8) is 0 Å². The molecule has 2 nitrogen and oxygen atoms in total. The second kappa shape index (κ2) is 4.40. The van der Waals surface area contributed by atoms with Crippen LogP contribution in [-0.4, -0.2) is 10.5 Å². The van der Waals surface area contributed by atoms with E-state index in [1.54, 1.807) is 6.07 Å². The summed E-state index contributed by atoms with van der Waals surface area (Å²) >= 11 is 0. The molecule has 0 saturated carbocycles. The van der Waals surface area contributed by atoms with Crippen molar-refractivity contribution in [1.29, 1.82) is 0 Å². The van der Waals surface area contributed by atoms with Crippen LogP contribution < -0.4 is 5.32 Å². The fraction of sp³-hybridized carbons (Fsp3) is 0.615. The first-order chi connectivity index (χ1) is 7.18. The highest BCUT2D eigenvalue weighted by Crippen LogP contribution is 2.29. The molecule has 0 radical (unpaired) electrons. The smallest absolute Gasteiger partial charge is 0.141 e. The average molecular weight is 224 g/mol. The lowest BCUT2D eigenvalue weighted by Gasteiger charge is -2.33. The van der Waals surface area contributed by atoms with Crippen LogP contribution in [0, 0.1) is 11.2 Å². The first kappa shape index (κ1) is 12.9. The van der Waals surface area contributed by atoms with E-state index in [4.69, 9.17) is 0 Å². The number of halogens is 1. The molecule has 0 atom stereocenters. The summed E-state index contributed by atoms with van der Waals surface area (Å²) < 4.78 is 12.7. The van der Waals surface area contributed by atoms with Crippen LogP contribution in [0.1, 0.15) is 41.0 Å². The lowest BCUT2D eigenvalue weighted by molar-refractivity contribution is 0.302. The number of anilines is 1. The Bertz CT molecular complexity index is 336. The van der Waals surface area contributed by atoms with E-state index in [2.05, 4.69) is 44.9 Å². The minimum atomic E-state index is -0.306. The van der Waals surface area contributed by atoms with Gasteiger partial charge in [0.25, 0.3) is 0 Å². The minimum Gasteiger partial charge on any atom is -0.365 e. The molecule has 16 heavy (non-hydrogen) atoms. The Labute approximate surface area is 97.3 Å². The summed E-state index contributed by atoms with van der Waals surface area (Å²) in [5, 5.41) is 3.32. The lowest BCUT2D eigenvalue weighted by Crippen LogP contribution is -2.35. The third-order valence-electron chi connectivity index (χ3n) is 2.17. The Morgan fingerprint density at radius 3 is 2.25 bits per heavy atom. The maximum absolute atomic E-state index is 12.7. The molecule has 0 unspecified atom stereocenters. The zero-order valence-electron chi connectivity index (χ0n) is 10.8. The van der Waals surface area contributed by atoms with E-state index < -0.39 is 0 Å². The molecule has 90 valence electrons. The zero-order chi connectivity index (χ0) is 12.4. The van der Waals surface area contributed by atoms with Gasteiger partial charge in [0.05, 0.1) is 6.20 Å². The fourth-order valence-electron chi connectivity index (χ4n) is 2.17. The highest BCUT2D eigenvalue weighted by molar-refractivity contribution is 5.36. The lowest BCUT2D eigenvalue weighted by atomic mass is 9.82. The summed E-state index contributed by atoms with van der Waals surface area (Å²) in [6.07, 6.45) is 2.24. The van der Waals surface area contributed by atoms with Gasteiger partial charge in [-0.3, -0.25) is 0 Å². The van der Waals surface area contributed by atoms with Crippen LogP contribution in [0.3, 0.4) is 0 Å². The Morgan fingerprint density at radius 1 is 1.19 bits per heavy atom. The quantitative estimate of drug-likeness (QED) is 0.843. The van der Waals surface area contributed by atoms with Crippen LogP contribution in [0.2, 0.25) is 0 Å². The molecule has 0 bridgehead atoms. The molecular formula is C13H21FN2. The van der Waals surface area contributed by atoms with Gasteiger partial charge in [0.15, 0.2) is 0 Å². The molecule has 0 aromatic carbocycles. The third-order valence-corrected chi connectivity index (χ3v) is 2.17. The van der Waals surface area contributed by atoms with Crippen molar-refractivity contribution in [3.05, 3.63) is 24.1 Å². The molecule has 0 aliphatic carbocycles. The van der Waals surface area contributed by atoms with Crippen LogP contribution in [0.25, 0.3) is 0 Å². The second-order valence-corrected chi connectivity index (χ2v) is 6.11. The van der Waals surface area contributed by atoms with Crippen molar-refractivity contribution in [2.75, 3.05) is 5.32 Å². The van der Waals surface area contributed by atoms with E-state index in [1.807, 2.05) is 0 Å². The molecule has 1 aromatic rings. The Hall–Kier alpha value is -1.12. The largest absolute Gasteiger partial charge is 0.365 e. The number of pyridine rings is 1. The Balaban J connectivity index is 2.69. The molecule has 0 spiro atoms. The first-order valence-corrected chi connectivity index (χ1v) is 5.58. The van der Waals surface area contributed by atoms with Gasteiger partial charge < -0.3 is 5.32 Å². The van der Waals surface area contributed by atoms with Gasteiger partial charge in [-0.1, -0.05) is 20.8 Å². The van der Waals surface area contributed by atoms with Crippen LogP contribution in [-0.2, 0) is 0 Å². The van der Waals surface area contributed by atoms with E-state index in [0.29, 0.717) is 0 Å². The average Bonchev–Trinajstić information content (AvgIpc) is 2.04. The normalized spacial score (nSPS) is 12.6. The van der Waals surface area contributed by atoms with Gasteiger partial charge in [-0.25, -0.2) is 9.37 Å². The maximum atomic E-state index is 12.7. The molecular weight excluding hydrogens is 203 g/mol. The number of nitrogens with one attached hydrogen (secondary N) is 1. The number of rotatable bonds is 3. The van der Waals surface area contributed by atoms with Crippen LogP contribution in [0.4, 0.5) is 10.2 Å². The van der Waals surface area contributed by atoms with Crippen LogP contribution in [0.5, 0.6) is 0 Å². The molecule has 0 amide bonds. The van der Waals surface area contributed by atoms with Crippen molar-refractivity contribution >= 4 is 5.82 Å². The molecule has 0 aliphatic rings. The number of hydrogen-bond donors (Lipinski definition) is 1. The second-order valence-electron chi connectivity index (χ2n) is 6.11. The van der Waals surface area contributed by atoms with Gasteiger partial charge in [-0.05, 0) is 37.8 Å². The van der Waals surface area contributed by atoms with E-state index in [-0.39, 0.29) is 16.8 Å². The molecule has 0 aliphatic heterocycles. The van der Waals surface area contributed by atoms with E-state index in [9.17, 15) is 4.39 Å². The monoisotopic (exact) mass is 224 g/mol. The Morgan fingerprint density at radius 2 is 1.81 bits per heavy atom. The topological polar surface area (TPSA) is 24.9 Å². The van der Waals surface area contributed by atoms with Crippen molar-refractivity contribution in [1.82, 2.24) is 4.98 Å². The van der Waals surface area contributed by atoms with Gasteiger partial charge in [-0.2, -0.15) is 0 Å². The highest BCUT2D eigenvalue weighted by atomic mass is 19.1. The van der Waals surface area contributed by atoms with E-state index in [0.717, 1.165) is 12.2 Å². The number of aromatic nitrogens is 1. The SMILES string of the molecule is CC(C)(C)CC(C)(C)Nc1ccc(F)cn1. The van der Waals surface area contributed by atoms with Gasteiger partial charge in [0, 0.05) is 5.54 Å². The zero-order valence-corrected chi connectivity index (χ0v) is 10.8. The molecule has 1 heterocycles. The highest BCUT2D eigenvalue weighted by Gasteiger charge is 2.25. The summed E-state index contributed by atoms with van der Waals surface area (Å²) in [6, 6.07) is 3.09. The van der Waals surface area contributed by atoms with Gasteiger partial charge in [0.2, 0.25) is 0 Å². The molecule has 0 fully saturated rings. The number of hydrogen-bond acceptors (Lipinski definition) is 2. The van der Waals surface area contributed by atoms with Crippen LogP contribution >= 0.6 is 0 Å². The van der Waals surface area contributed by atoms with Crippen molar-refractivity contribution < 1.29 is 4.39 Å². The fourth-order valence-corrected chi connectivity index (χ4v) is 2.17. The minimum absolute atomic E-state index is 0.0525. The standard InChI is InChI=1S/C13H21FN2/c1-12(2,3)9-13(4,5)16-11-7-6-10(14)8-15-11/h6-8H,9H2,1-5H3,(H,15,16). The summed E-state index contributed by atoms with van der Waals surface area (Å²) in [7, 11) is 0. The molecule has 3 heteroatoms. The van der Waals surface area contributed by atoms with Gasteiger partial charge in [0.1, 0.15) is 11.6 Å².